The zero-order chi connectivity index (χ0) is 25.4. The molecule has 0 spiro atoms. The zero-order valence-electron chi connectivity index (χ0n) is 20.3. The fraction of sp³-hybridized carbons (Fsp3) is 0.250. The molecule has 4 rings (SSSR count). The first-order valence-electron chi connectivity index (χ1n) is 11.6. The van der Waals surface area contributed by atoms with Gasteiger partial charge in [-0.3, -0.25) is 4.79 Å². The van der Waals surface area contributed by atoms with Crippen LogP contribution in [0.5, 0.6) is 5.75 Å². The molecule has 184 valence electrons. The van der Waals surface area contributed by atoms with Crippen molar-refractivity contribution in [1.82, 2.24) is 10.3 Å². The Morgan fingerprint density at radius 3 is 2.51 bits per heavy atom. The van der Waals surface area contributed by atoms with E-state index < -0.39 is 12.1 Å². The van der Waals surface area contributed by atoms with Gasteiger partial charge in [0.25, 0.3) is 5.91 Å². The number of amides is 1. The molecule has 1 atom stereocenters. The zero-order valence-corrected chi connectivity index (χ0v) is 20.3. The van der Waals surface area contributed by atoms with E-state index in [9.17, 15) is 14.3 Å². The molecule has 35 heavy (non-hydrogen) atoms. The molecule has 0 aliphatic rings. The molecule has 6 nitrogen and oxygen atoms in total. The van der Waals surface area contributed by atoms with Crippen molar-refractivity contribution >= 4 is 16.8 Å². The number of H-pyrrole nitrogens is 1. The molecule has 1 amide bonds. The summed E-state index contributed by atoms with van der Waals surface area (Å²) >= 11 is 0. The third-order valence-electron chi connectivity index (χ3n) is 5.51. The highest BCUT2D eigenvalue weighted by Crippen LogP contribution is 2.28. The van der Waals surface area contributed by atoms with E-state index >= 15 is 0 Å². The molecule has 0 saturated heterocycles. The minimum absolute atomic E-state index is 0.137. The molecule has 0 fully saturated rings. The predicted molar refractivity (Wildman–Crippen MR) is 138 cm³/mol. The van der Waals surface area contributed by atoms with Gasteiger partial charge in [-0.05, 0) is 67.4 Å². The van der Waals surface area contributed by atoms with Gasteiger partial charge in [0.1, 0.15) is 17.8 Å². The van der Waals surface area contributed by atoms with Crippen LogP contribution in [0.15, 0.2) is 66.9 Å². The lowest BCUT2D eigenvalue weighted by Gasteiger charge is -2.16. The highest BCUT2D eigenvalue weighted by atomic mass is 19.1. The van der Waals surface area contributed by atoms with Gasteiger partial charge in [-0.2, -0.15) is 0 Å². The number of nitrogens with one attached hydrogen (secondary N) is 2. The van der Waals surface area contributed by atoms with E-state index in [4.69, 9.17) is 4.74 Å². The summed E-state index contributed by atoms with van der Waals surface area (Å²) < 4.78 is 19.4. The van der Waals surface area contributed by atoms with Crippen molar-refractivity contribution in [3.8, 4) is 16.9 Å². The number of aromatic amines is 1. The summed E-state index contributed by atoms with van der Waals surface area (Å²) in [6.45, 7) is 4.50. The lowest BCUT2D eigenvalue weighted by atomic mass is 10.0. The molecule has 4 aromatic rings. The molecule has 5 N–H and O–H groups in total. The average Bonchev–Trinajstić information content (AvgIpc) is 3.25. The molecule has 0 saturated carbocycles. The Kier molecular flexibility index (Phi) is 9.00. The van der Waals surface area contributed by atoms with E-state index in [-0.39, 0.29) is 12.2 Å². The highest BCUT2D eigenvalue weighted by Gasteiger charge is 2.18. The Balaban J connectivity index is 0.00000167. The van der Waals surface area contributed by atoms with Gasteiger partial charge in [0.15, 0.2) is 0 Å². The van der Waals surface area contributed by atoms with Gasteiger partial charge in [-0.15, -0.1) is 0 Å². The fourth-order valence-corrected chi connectivity index (χ4v) is 3.78. The fourth-order valence-electron chi connectivity index (χ4n) is 3.78. The van der Waals surface area contributed by atoms with E-state index in [1.54, 1.807) is 24.4 Å². The minimum atomic E-state index is -1.15. The predicted octanol–water partition coefficient (Wildman–Crippen LogP) is 4.94. The highest BCUT2D eigenvalue weighted by molar-refractivity contribution is 5.98. The van der Waals surface area contributed by atoms with Crippen LogP contribution in [0.3, 0.4) is 0 Å². The van der Waals surface area contributed by atoms with E-state index in [0.717, 1.165) is 28.6 Å². The number of aliphatic hydroxyl groups excluding tert-OH is 1. The second-order valence-electron chi connectivity index (χ2n) is 8.12. The molecular weight excluding hydrogens is 445 g/mol. The lowest BCUT2D eigenvalue weighted by molar-refractivity contribution is 0.0782. The van der Waals surface area contributed by atoms with Crippen molar-refractivity contribution in [3.05, 3.63) is 89.4 Å². The molecule has 0 bridgehead atoms. The maximum atomic E-state index is 13.6. The largest absolute Gasteiger partial charge is 0.493 e. The number of ether oxygens (including phenoxy) is 1. The van der Waals surface area contributed by atoms with Crippen molar-refractivity contribution in [3.63, 3.8) is 0 Å². The van der Waals surface area contributed by atoms with Crippen LogP contribution in [-0.4, -0.2) is 35.9 Å². The number of benzene rings is 3. The molecule has 7 heteroatoms. The molecule has 3 aromatic carbocycles. The van der Waals surface area contributed by atoms with Crippen molar-refractivity contribution in [2.75, 3.05) is 13.7 Å². The number of aromatic nitrogens is 1. The van der Waals surface area contributed by atoms with E-state index in [2.05, 4.69) is 16.0 Å². The topological polar surface area (TPSA) is 100 Å². The van der Waals surface area contributed by atoms with E-state index in [1.165, 1.54) is 19.2 Å². The Bertz CT molecular complexity index is 1270. The molecule has 1 unspecified atom stereocenters. The average molecular weight is 478 g/mol. The first kappa shape index (κ1) is 25.9. The van der Waals surface area contributed by atoms with Gasteiger partial charge in [0, 0.05) is 23.5 Å². The minimum Gasteiger partial charge on any atom is -0.493 e. The van der Waals surface area contributed by atoms with Gasteiger partial charge in [-0.25, -0.2) is 4.39 Å². The van der Waals surface area contributed by atoms with Gasteiger partial charge in [0.05, 0.1) is 12.2 Å². The first-order chi connectivity index (χ1) is 16.9. The van der Waals surface area contributed by atoms with Crippen LogP contribution in [0.4, 0.5) is 4.39 Å². The van der Waals surface area contributed by atoms with E-state index in [1.807, 2.05) is 44.2 Å². The smallest absolute Gasteiger partial charge is 0.257 e. The van der Waals surface area contributed by atoms with Crippen molar-refractivity contribution in [2.24, 2.45) is 5.73 Å². The summed E-state index contributed by atoms with van der Waals surface area (Å²) in [5.41, 5.74) is 9.35. The molecule has 1 aromatic heterocycles. The second kappa shape index (κ2) is 12.1. The quantitative estimate of drug-likeness (QED) is 0.270. The Morgan fingerprint density at radius 1 is 1.09 bits per heavy atom. The number of fused-ring (bicyclic) bond motifs is 1. The Hall–Kier alpha value is -3.68. The summed E-state index contributed by atoms with van der Waals surface area (Å²) in [5.74, 6) is -0.326. The molecular formula is C28H32FN3O3. The Morgan fingerprint density at radius 2 is 1.80 bits per heavy atom. The normalized spacial score (nSPS) is 11.5. The van der Waals surface area contributed by atoms with E-state index in [0.29, 0.717) is 28.9 Å². The summed E-state index contributed by atoms with van der Waals surface area (Å²) in [7, 11) is 1.50. The van der Waals surface area contributed by atoms with Crippen LogP contribution in [0.1, 0.15) is 34.8 Å². The summed E-state index contributed by atoms with van der Waals surface area (Å²) in [4.78, 5) is 16.2. The lowest BCUT2D eigenvalue weighted by Crippen LogP contribution is -2.36. The summed E-state index contributed by atoms with van der Waals surface area (Å²) in [6.07, 6.45) is 1.51. The molecule has 1 heterocycles. The van der Waals surface area contributed by atoms with Gasteiger partial charge in [0.2, 0.25) is 0 Å². The van der Waals surface area contributed by atoms with Crippen molar-refractivity contribution < 1.29 is 19.0 Å². The number of hydrogen-bond acceptors (Lipinski definition) is 4. The maximum Gasteiger partial charge on any atom is 0.257 e. The SMILES string of the molecule is CCCOc1ccc(-c2ccc(C)cc2)cc1C(=O)NC(O)Cc1c[nH]c2ccc(F)cc12.CN. The molecule has 0 radical (unpaired) electrons. The number of nitrogens with two attached hydrogens (primary N) is 1. The third kappa shape index (κ3) is 6.47. The number of carbonyl (C=O) groups is 1. The van der Waals surface area contributed by atoms with Crippen molar-refractivity contribution in [2.45, 2.75) is 32.9 Å². The monoisotopic (exact) mass is 477 g/mol. The molecule has 0 aliphatic carbocycles. The van der Waals surface area contributed by atoms with Crippen LogP contribution >= 0.6 is 0 Å². The van der Waals surface area contributed by atoms with Crippen LogP contribution in [0, 0.1) is 12.7 Å². The first-order valence-corrected chi connectivity index (χ1v) is 11.6. The van der Waals surface area contributed by atoms with Crippen LogP contribution in [0.25, 0.3) is 22.0 Å². The standard InChI is InChI=1S/C27H27FN2O3.CH5N/c1-3-12-33-25-11-8-19(18-6-4-17(2)5-7-18)13-23(25)27(32)30-26(31)14-20-16-29-24-10-9-21(28)15-22(20)24;1-2/h4-11,13,15-16,26,29,31H,3,12,14H2,1-2H3,(H,30,32);2H2,1H3. The number of carbonyl (C=O) groups excluding carboxylic acids is 1. The number of hydrogen-bond donors (Lipinski definition) is 4. The number of aryl methyl sites for hydroxylation is 1. The van der Waals surface area contributed by atoms with Gasteiger partial charge in [-0.1, -0.05) is 42.8 Å². The van der Waals surface area contributed by atoms with Crippen LogP contribution in [0.2, 0.25) is 0 Å². The number of aliphatic hydroxyl groups is 1. The Labute approximate surface area is 204 Å². The van der Waals surface area contributed by atoms with Crippen LogP contribution < -0.4 is 15.8 Å². The summed E-state index contributed by atoms with van der Waals surface area (Å²) in [6, 6.07) is 18.0. The maximum absolute atomic E-state index is 13.6. The number of rotatable bonds is 8. The second-order valence-corrected chi connectivity index (χ2v) is 8.12. The summed E-state index contributed by atoms with van der Waals surface area (Å²) in [5, 5.41) is 13.9. The van der Waals surface area contributed by atoms with Crippen molar-refractivity contribution in [1.29, 1.82) is 0 Å². The van der Waals surface area contributed by atoms with Gasteiger partial charge >= 0.3 is 0 Å². The number of halogens is 1. The third-order valence-corrected chi connectivity index (χ3v) is 5.51. The molecule has 0 aliphatic heterocycles. The van der Waals surface area contributed by atoms with Gasteiger partial charge < -0.3 is 25.9 Å². The van der Waals surface area contributed by atoms with Crippen LogP contribution in [-0.2, 0) is 6.42 Å².